The summed E-state index contributed by atoms with van der Waals surface area (Å²) in [5.41, 5.74) is 3.15. The summed E-state index contributed by atoms with van der Waals surface area (Å²) in [7, 11) is 0. The fourth-order valence-corrected chi connectivity index (χ4v) is 4.20. The zero-order chi connectivity index (χ0) is 18.1. The Morgan fingerprint density at radius 3 is 2.60 bits per heavy atom. The minimum absolute atomic E-state index is 0.121. The highest BCUT2D eigenvalue weighted by atomic mass is 16.5. The standard InChI is InChI=1S/C21H26O4/c1-10-9-15(22)24-20-16(10)19-14(7-8-21(5,6)25-19)18-17(20)12(3)11(2)13(4)23-18/h9,11-13H,7-8H2,1-6H3. The van der Waals surface area contributed by atoms with Gasteiger partial charge in [-0.15, -0.1) is 0 Å². The van der Waals surface area contributed by atoms with Gasteiger partial charge in [0.1, 0.15) is 22.7 Å². The summed E-state index contributed by atoms with van der Waals surface area (Å²) in [5.74, 6) is 2.32. The maximum absolute atomic E-state index is 12.1. The van der Waals surface area contributed by atoms with Gasteiger partial charge in [-0.05, 0) is 57.9 Å². The molecule has 3 heterocycles. The number of benzene rings is 1. The lowest BCUT2D eigenvalue weighted by Crippen LogP contribution is -2.36. The van der Waals surface area contributed by atoms with E-state index in [0.717, 1.165) is 46.4 Å². The van der Waals surface area contributed by atoms with Crippen LogP contribution in [0.5, 0.6) is 11.5 Å². The van der Waals surface area contributed by atoms with Gasteiger partial charge in [-0.25, -0.2) is 4.79 Å². The molecule has 3 atom stereocenters. The Balaban J connectivity index is 2.15. The Kier molecular flexibility index (Phi) is 3.47. The van der Waals surface area contributed by atoms with E-state index >= 15 is 0 Å². The van der Waals surface area contributed by atoms with Gasteiger partial charge in [-0.3, -0.25) is 0 Å². The van der Waals surface area contributed by atoms with Gasteiger partial charge in [-0.1, -0.05) is 13.8 Å². The third kappa shape index (κ3) is 2.37. The molecule has 0 bridgehead atoms. The van der Waals surface area contributed by atoms with Crippen LogP contribution in [0.4, 0.5) is 0 Å². The summed E-state index contributed by atoms with van der Waals surface area (Å²) in [6.45, 7) is 12.7. The maximum Gasteiger partial charge on any atom is 0.336 e. The first kappa shape index (κ1) is 16.5. The van der Waals surface area contributed by atoms with E-state index in [1.807, 2.05) is 6.92 Å². The predicted molar refractivity (Wildman–Crippen MR) is 97.9 cm³/mol. The maximum atomic E-state index is 12.1. The number of rotatable bonds is 0. The zero-order valence-electron chi connectivity index (χ0n) is 15.9. The summed E-state index contributed by atoms with van der Waals surface area (Å²) in [6, 6.07) is 1.56. The summed E-state index contributed by atoms with van der Waals surface area (Å²) in [4.78, 5) is 12.1. The molecule has 0 saturated heterocycles. The van der Waals surface area contributed by atoms with E-state index in [9.17, 15) is 4.79 Å². The van der Waals surface area contributed by atoms with Crippen LogP contribution >= 0.6 is 0 Å². The predicted octanol–water partition coefficient (Wildman–Crippen LogP) is 4.73. The van der Waals surface area contributed by atoms with Crippen molar-refractivity contribution in [1.82, 2.24) is 0 Å². The number of ether oxygens (including phenoxy) is 2. The van der Waals surface area contributed by atoms with Gasteiger partial charge in [0.15, 0.2) is 0 Å². The molecule has 25 heavy (non-hydrogen) atoms. The SMILES string of the molecule is Cc1cc(=O)oc2c3c(c4c(c12)OC(C)(C)CC4)OC(C)C(C)C3C. The first-order valence-corrected chi connectivity index (χ1v) is 9.18. The van der Waals surface area contributed by atoms with Gasteiger partial charge < -0.3 is 13.9 Å². The average molecular weight is 342 g/mol. The number of fused-ring (bicyclic) bond motifs is 6. The second-order valence-corrected chi connectivity index (χ2v) is 8.34. The molecule has 134 valence electrons. The summed E-state index contributed by atoms with van der Waals surface area (Å²) in [6.07, 6.45) is 1.97. The average Bonchev–Trinajstić information content (AvgIpc) is 2.50. The first-order chi connectivity index (χ1) is 11.7. The van der Waals surface area contributed by atoms with Crippen molar-refractivity contribution in [3.63, 3.8) is 0 Å². The fourth-order valence-electron chi connectivity index (χ4n) is 4.20. The van der Waals surface area contributed by atoms with E-state index in [4.69, 9.17) is 13.9 Å². The molecule has 4 nitrogen and oxygen atoms in total. The lowest BCUT2D eigenvalue weighted by Gasteiger charge is -2.40. The van der Waals surface area contributed by atoms with Gasteiger partial charge in [0, 0.05) is 17.2 Å². The van der Waals surface area contributed by atoms with E-state index in [1.54, 1.807) is 6.07 Å². The molecule has 1 aromatic carbocycles. The van der Waals surface area contributed by atoms with Crippen molar-refractivity contribution in [3.05, 3.63) is 33.2 Å². The van der Waals surface area contributed by atoms with Crippen molar-refractivity contribution in [2.75, 3.05) is 0 Å². The minimum atomic E-state index is -0.319. The Labute approximate surface area is 148 Å². The van der Waals surface area contributed by atoms with Crippen LogP contribution in [0.15, 0.2) is 15.3 Å². The molecule has 0 saturated carbocycles. The van der Waals surface area contributed by atoms with Crippen LogP contribution in [0.25, 0.3) is 11.0 Å². The van der Waals surface area contributed by atoms with Crippen molar-refractivity contribution >= 4 is 11.0 Å². The van der Waals surface area contributed by atoms with Gasteiger partial charge >= 0.3 is 5.63 Å². The molecule has 1 aromatic heterocycles. The second-order valence-electron chi connectivity index (χ2n) is 8.34. The summed E-state index contributed by atoms with van der Waals surface area (Å²) < 4.78 is 18.4. The monoisotopic (exact) mass is 342 g/mol. The van der Waals surface area contributed by atoms with Gasteiger partial charge in [0.25, 0.3) is 0 Å². The van der Waals surface area contributed by atoms with Crippen LogP contribution in [-0.4, -0.2) is 11.7 Å². The molecule has 2 aliphatic heterocycles. The quantitative estimate of drug-likeness (QED) is 0.650. The molecule has 2 aromatic rings. The molecule has 3 unspecified atom stereocenters. The Morgan fingerprint density at radius 2 is 1.88 bits per heavy atom. The second kappa shape index (κ2) is 5.26. The topological polar surface area (TPSA) is 48.7 Å². The zero-order valence-corrected chi connectivity index (χ0v) is 15.9. The van der Waals surface area contributed by atoms with Crippen molar-refractivity contribution < 1.29 is 13.9 Å². The molecular formula is C21H26O4. The Morgan fingerprint density at radius 1 is 1.16 bits per heavy atom. The molecule has 0 radical (unpaired) electrons. The molecule has 0 N–H and O–H groups in total. The van der Waals surface area contributed by atoms with Crippen LogP contribution in [-0.2, 0) is 6.42 Å². The first-order valence-electron chi connectivity index (χ1n) is 9.18. The van der Waals surface area contributed by atoms with Gasteiger partial charge in [0.2, 0.25) is 0 Å². The molecule has 0 fully saturated rings. The Hall–Kier alpha value is -1.97. The largest absolute Gasteiger partial charge is 0.490 e. The van der Waals surface area contributed by atoms with Crippen LogP contribution in [0.2, 0.25) is 0 Å². The third-order valence-corrected chi connectivity index (χ3v) is 6.07. The number of aryl methyl sites for hydroxylation is 1. The van der Waals surface area contributed by atoms with Crippen LogP contribution in [0, 0.1) is 12.8 Å². The smallest absolute Gasteiger partial charge is 0.336 e. The fraction of sp³-hybridized carbons (Fsp3) is 0.571. The van der Waals surface area contributed by atoms with Crippen LogP contribution < -0.4 is 15.1 Å². The molecule has 0 aliphatic carbocycles. The van der Waals surface area contributed by atoms with Crippen LogP contribution in [0.1, 0.15) is 63.6 Å². The molecule has 0 amide bonds. The normalized spacial score (nSPS) is 27.2. The highest BCUT2D eigenvalue weighted by Gasteiger charge is 2.39. The van der Waals surface area contributed by atoms with Crippen molar-refractivity contribution in [1.29, 1.82) is 0 Å². The highest BCUT2D eigenvalue weighted by Crippen LogP contribution is 2.52. The van der Waals surface area contributed by atoms with Crippen molar-refractivity contribution in [2.45, 2.75) is 72.0 Å². The molecular weight excluding hydrogens is 316 g/mol. The van der Waals surface area contributed by atoms with Crippen molar-refractivity contribution in [2.24, 2.45) is 5.92 Å². The van der Waals surface area contributed by atoms with Gasteiger partial charge in [0.05, 0.1) is 11.5 Å². The van der Waals surface area contributed by atoms with E-state index in [-0.39, 0.29) is 23.2 Å². The van der Waals surface area contributed by atoms with Crippen molar-refractivity contribution in [3.8, 4) is 11.5 Å². The molecule has 0 spiro atoms. The van der Waals surface area contributed by atoms with E-state index in [1.165, 1.54) is 0 Å². The molecule has 4 heteroatoms. The third-order valence-electron chi connectivity index (χ3n) is 6.07. The van der Waals surface area contributed by atoms with Gasteiger partial charge in [-0.2, -0.15) is 0 Å². The van der Waals surface area contributed by atoms with Crippen LogP contribution in [0.3, 0.4) is 0 Å². The number of hydrogen-bond donors (Lipinski definition) is 0. The minimum Gasteiger partial charge on any atom is -0.490 e. The van der Waals surface area contributed by atoms with E-state index in [2.05, 4.69) is 34.6 Å². The summed E-state index contributed by atoms with van der Waals surface area (Å²) >= 11 is 0. The van der Waals surface area contributed by atoms with E-state index in [0.29, 0.717) is 11.5 Å². The summed E-state index contributed by atoms with van der Waals surface area (Å²) in [5, 5.41) is 0.929. The lowest BCUT2D eigenvalue weighted by atomic mass is 9.79. The lowest BCUT2D eigenvalue weighted by molar-refractivity contribution is 0.0794. The highest BCUT2D eigenvalue weighted by molar-refractivity contribution is 5.94. The van der Waals surface area contributed by atoms with E-state index < -0.39 is 0 Å². The molecule has 2 aliphatic rings. The molecule has 4 rings (SSSR count). The Bertz CT molecular complexity index is 922. The number of hydrogen-bond acceptors (Lipinski definition) is 4.